The van der Waals surface area contributed by atoms with Crippen LogP contribution in [-0.2, 0) is 9.53 Å². The van der Waals surface area contributed by atoms with Gasteiger partial charge in [-0.2, -0.15) is 0 Å². The van der Waals surface area contributed by atoms with E-state index in [1.807, 2.05) is 0 Å². The van der Waals surface area contributed by atoms with Crippen molar-refractivity contribution >= 4 is 5.78 Å². The molecule has 12 heavy (non-hydrogen) atoms. The van der Waals surface area contributed by atoms with Crippen LogP contribution in [0, 0.1) is 0 Å². The lowest BCUT2D eigenvalue weighted by Crippen LogP contribution is -2.42. The van der Waals surface area contributed by atoms with Crippen LogP contribution < -0.4 is 0 Å². The molecule has 1 heterocycles. The summed E-state index contributed by atoms with van der Waals surface area (Å²) in [7, 11) is 1.71. The van der Waals surface area contributed by atoms with Gasteiger partial charge in [-0.05, 0) is 6.92 Å². The number of piperidine rings is 1. The lowest BCUT2D eigenvalue weighted by Gasteiger charge is -2.32. The summed E-state index contributed by atoms with van der Waals surface area (Å²) in [5, 5.41) is 0. The van der Waals surface area contributed by atoms with Gasteiger partial charge in [-0.15, -0.1) is 0 Å². The van der Waals surface area contributed by atoms with Gasteiger partial charge in [0.2, 0.25) is 0 Å². The number of carbonyl (C=O) groups is 1. The molecule has 0 N–H and O–H groups in total. The van der Waals surface area contributed by atoms with Gasteiger partial charge < -0.3 is 4.74 Å². The SMILES string of the molecule is COCCN1CCC(=O)CC1C. The molecule has 1 atom stereocenters. The minimum atomic E-state index is 0.399. The fraction of sp³-hybridized carbons (Fsp3) is 0.889. The highest BCUT2D eigenvalue weighted by atomic mass is 16.5. The van der Waals surface area contributed by atoms with Crippen LogP contribution in [0.15, 0.2) is 0 Å². The number of nitrogens with zero attached hydrogens (tertiary/aromatic N) is 1. The molecule has 1 rings (SSSR count). The summed E-state index contributed by atoms with van der Waals surface area (Å²) >= 11 is 0. The molecule has 0 aromatic heterocycles. The van der Waals surface area contributed by atoms with E-state index in [1.165, 1.54) is 0 Å². The van der Waals surface area contributed by atoms with E-state index in [4.69, 9.17) is 4.74 Å². The molecule has 0 amide bonds. The van der Waals surface area contributed by atoms with Gasteiger partial charge in [-0.25, -0.2) is 0 Å². The molecular weight excluding hydrogens is 154 g/mol. The van der Waals surface area contributed by atoms with Crippen molar-refractivity contribution in [2.24, 2.45) is 0 Å². The molecule has 70 valence electrons. The molecule has 0 radical (unpaired) electrons. The van der Waals surface area contributed by atoms with Crippen molar-refractivity contribution in [2.75, 3.05) is 26.8 Å². The number of hydrogen-bond acceptors (Lipinski definition) is 3. The minimum absolute atomic E-state index is 0.399. The van der Waals surface area contributed by atoms with E-state index < -0.39 is 0 Å². The first-order valence-electron chi connectivity index (χ1n) is 4.48. The highest BCUT2D eigenvalue weighted by Gasteiger charge is 2.22. The van der Waals surface area contributed by atoms with Gasteiger partial charge in [-0.3, -0.25) is 9.69 Å². The van der Waals surface area contributed by atoms with E-state index >= 15 is 0 Å². The molecule has 1 aliphatic rings. The van der Waals surface area contributed by atoms with Gasteiger partial charge in [0.1, 0.15) is 5.78 Å². The topological polar surface area (TPSA) is 29.5 Å². The second-order valence-corrected chi connectivity index (χ2v) is 3.37. The van der Waals surface area contributed by atoms with Crippen molar-refractivity contribution in [1.29, 1.82) is 0 Å². The summed E-state index contributed by atoms with van der Waals surface area (Å²) in [4.78, 5) is 13.3. The highest BCUT2D eigenvalue weighted by molar-refractivity contribution is 5.79. The summed E-state index contributed by atoms with van der Waals surface area (Å²) in [5.74, 6) is 0.399. The second kappa shape index (κ2) is 4.58. The predicted molar refractivity (Wildman–Crippen MR) is 47.2 cm³/mol. The highest BCUT2D eigenvalue weighted by Crippen LogP contribution is 2.12. The van der Waals surface area contributed by atoms with Gasteiger partial charge in [0, 0.05) is 39.1 Å². The van der Waals surface area contributed by atoms with Crippen molar-refractivity contribution in [3.05, 3.63) is 0 Å². The van der Waals surface area contributed by atoms with Crippen LogP contribution in [0.1, 0.15) is 19.8 Å². The first-order chi connectivity index (χ1) is 5.74. The fourth-order valence-corrected chi connectivity index (χ4v) is 1.59. The van der Waals surface area contributed by atoms with E-state index in [1.54, 1.807) is 7.11 Å². The minimum Gasteiger partial charge on any atom is -0.383 e. The van der Waals surface area contributed by atoms with Crippen molar-refractivity contribution in [1.82, 2.24) is 4.90 Å². The Morgan fingerprint density at radius 1 is 1.67 bits per heavy atom. The van der Waals surface area contributed by atoms with Gasteiger partial charge >= 0.3 is 0 Å². The maximum absolute atomic E-state index is 11.0. The third-order valence-electron chi connectivity index (χ3n) is 2.41. The maximum Gasteiger partial charge on any atom is 0.135 e. The summed E-state index contributed by atoms with van der Waals surface area (Å²) in [6.07, 6.45) is 1.43. The summed E-state index contributed by atoms with van der Waals surface area (Å²) in [5.41, 5.74) is 0. The Kier molecular flexibility index (Phi) is 3.69. The van der Waals surface area contributed by atoms with Gasteiger partial charge in [-0.1, -0.05) is 0 Å². The number of carbonyl (C=O) groups excluding carboxylic acids is 1. The average Bonchev–Trinajstić information content (AvgIpc) is 2.03. The number of Topliss-reactive ketones (excluding diaryl/α,β-unsaturated/α-hetero) is 1. The number of likely N-dealkylation sites (tertiary alicyclic amines) is 1. The Morgan fingerprint density at radius 2 is 2.42 bits per heavy atom. The molecule has 0 spiro atoms. The summed E-state index contributed by atoms with van der Waals surface area (Å²) in [6, 6.07) is 0.404. The normalized spacial score (nSPS) is 26.2. The third-order valence-corrected chi connectivity index (χ3v) is 2.41. The lowest BCUT2D eigenvalue weighted by molar-refractivity contribution is -0.123. The Labute approximate surface area is 73.7 Å². The maximum atomic E-state index is 11.0. The number of rotatable bonds is 3. The Balaban J connectivity index is 2.29. The average molecular weight is 171 g/mol. The van der Waals surface area contributed by atoms with E-state index in [2.05, 4.69) is 11.8 Å². The second-order valence-electron chi connectivity index (χ2n) is 3.37. The summed E-state index contributed by atoms with van der Waals surface area (Å²) in [6.45, 7) is 4.72. The standard InChI is InChI=1S/C9H17NO2/c1-8-7-9(11)3-4-10(8)5-6-12-2/h8H,3-7H2,1-2H3. The lowest BCUT2D eigenvalue weighted by atomic mass is 10.0. The smallest absolute Gasteiger partial charge is 0.135 e. The van der Waals surface area contributed by atoms with Crippen LogP contribution in [0.2, 0.25) is 0 Å². The van der Waals surface area contributed by atoms with Gasteiger partial charge in [0.15, 0.2) is 0 Å². The van der Waals surface area contributed by atoms with Crippen LogP contribution in [0.25, 0.3) is 0 Å². The predicted octanol–water partition coefficient (Wildman–Crippen LogP) is 0.686. The molecule has 1 saturated heterocycles. The fourth-order valence-electron chi connectivity index (χ4n) is 1.59. The zero-order valence-corrected chi connectivity index (χ0v) is 7.88. The Hall–Kier alpha value is -0.410. The number of ether oxygens (including phenoxy) is 1. The number of ketones is 1. The van der Waals surface area contributed by atoms with Crippen molar-refractivity contribution in [3.8, 4) is 0 Å². The molecule has 1 aliphatic heterocycles. The Bertz CT molecular complexity index is 159. The first-order valence-corrected chi connectivity index (χ1v) is 4.48. The molecule has 1 unspecified atom stereocenters. The molecule has 3 heteroatoms. The third kappa shape index (κ3) is 2.57. The van der Waals surface area contributed by atoms with Crippen molar-refractivity contribution in [3.63, 3.8) is 0 Å². The molecular formula is C9H17NO2. The zero-order chi connectivity index (χ0) is 8.97. The van der Waals surface area contributed by atoms with Crippen LogP contribution >= 0.6 is 0 Å². The van der Waals surface area contributed by atoms with E-state index in [0.717, 1.165) is 19.7 Å². The van der Waals surface area contributed by atoms with Crippen LogP contribution in [0.3, 0.4) is 0 Å². The monoisotopic (exact) mass is 171 g/mol. The van der Waals surface area contributed by atoms with Gasteiger partial charge in [0.25, 0.3) is 0 Å². The number of methoxy groups -OCH3 is 1. The molecule has 0 saturated carbocycles. The van der Waals surface area contributed by atoms with Gasteiger partial charge in [0.05, 0.1) is 6.61 Å². The largest absolute Gasteiger partial charge is 0.383 e. The molecule has 1 fully saturated rings. The van der Waals surface area contributed by atoms with E-state index in [-0.39, 0.29) is 0 Å². The molecule has 0 aromatic carbocycles. The summed E-state index contributed by atoms with van der Waals surface area (Å²) < 4.78 is 4.99. The Morgan fingerprint density at radius 3 is 3.00 bits per heavy atom. The molecule has 0 bridgehead atoms. The van der Waals surface area contributed by atoms with Crippen molar-refractivity contribution < 1.29 is 9.53 Å². The van der Waals surface area contributed by atoms with E-state index in [9.17, 15) is 4.79 Å². The van der Waals surface area contributed by atoms with Crippen LogP contribution in [-0.4, -0.2) is 43.5 Å². The molecule has 0 aliphatic carbocycles. The van der Waals surface area contributed by atoms with Crippen LogP contribution in [0.5, 0.6) is 0 Å². The molecule has 0 aromatic rings. The van der Waals surface area contributed by atoms with Crippen LogP contribution in [0.4, 0.5) is 0 Å². The first kappa shape index (κ1) is 9.68. The number of hydrogen-bond donors (Lipinski definition) is 0. The van der Waals surface area contributed by atoms with E-state index in [0.29, 0.717) is 24.7 Å². The van der Waals surface area contributed by atoms with Crippen molar-refractivity contribution in [2.45, 2.75) is 25.8 Å². The molecule has 3 nitrogen and oxygen atoms in total. The zero-order valence-electron chi connectivity index (χ0n) is 7.88. The quantitative estimate of drug-likeness (QED) is 0.625.